The quantitative estimate of drug-likeness (QED) is 0.584. The summed E-state index contributed by atoms with van der Waals surface area (Å²) in [5, 5.41) is 15.4. The van der Waals surface area contributed by atoms with Crippen LogP contribution >= 0.6 is 0 Å². The highest BCUT2D eigenvalue weighted by atomic mass is 16.5. The number of aliphatic hydroxyl groups excluding tert-OH is 1. The molecule has 0 bridgehead atoms. The SMILES string of the molecule is O=C(C[C@@H]1C=C[C@@H](NC(=O)c2ccccc2)[C@@H](CO)O1)NCCc1ccncc1. The van der Waals surface area contributed by atoms with Crippen LogP contribution < -0.4 is 10.6 Å². The summed E-state index contributed by atoms with van der Waals surface area (Å²) in [6.07, 6.45) is 6.80. The summed E-state index contributed by atoms with van der Waals surface area (Å²) in [4.78, 5) is 28.5. The molecule has 2 aromatic rings. The molecule has 29 heavy (non-hydrogen) atoms. The summed E-state index contributed by atoms with van der Waals surface area (Å²) in [5.74, 6) is -0.369. The van der Waals surface area contributed by atoms with E-state index in [1.807, 2.05) is 18.2 Å². The number of nitrogens with zero attached hydrogens (tertiary/aromatic N) is 1. The van der Waals surface area contributed by atoms with Gasteiger partial charge < -0.3 is 20.5 Å². The molecule has 7 nitrogen and oxygen atoms in total. The maximum absolute atomic E-state index is 12.3. The van der Waals surface area contributed by atoms with Crippen molar-refractivity contribution in [1.29, 1.82) is 0 Å². The van der Waals surface area contributed by atoms with E-state index in [9.17, 15) is 14.7 Å². The fraction of sp³-hybridized carbons (Fsp3) is 0.318. The average Bonchev–Trinajstić information content (AvgIpc) is 2.76. The topological polar surface area (TPSA) is 101 Å². The van der Waals surface area contributed by atoms with Crippen LogP contribution in [0, 0.1) is 0 Å². The van der Waals surface area contributed by atoms with Gasteiger partial charge in [0.2, 0.25) is 5.91 Å². The van der Waals surface area contributed by atoms with E-state index < -0.39 is 18.2 Å². The second kappa shape index (κ2) is 10.5. The number of benzene rings is 1. The van der Waals surface area contributed by atoms with Gasteiger partial charge in [0.05, 0.1) is 25.2 Å². The smallest absolute Gasteiger partial charge is 0.251 e. The zero-order chi connectivity index (χ0) is 20.5. The van der Waals surface area contributed by atoms with Crippen LogP contribution in [0.4, 0.5) is 0 Å². The van der Waals surface area contributed by atoms with Gasteiger partial charge in [-0.3, -0.25) is 14.6 Å². The number of hydrogen-bond donors (Lipinski definition) is 3. The summed E-state index contributed by atoms with van der Waals surface area (Å²) in [6, 6.07) is 12.2. The predicted octanol–water partition coefficient (Wildman–Crippen LogP) is 1.24. The van der Waals surface area contributed by atoms with Crippen molar-refractivity contribution in [2.75, 3.05) is 13.2 Å². The number of rotatable bonds is 8. The molecule has 0 fully saturated rings. The molecule has 3 atom stereocenters. The van der Waals surface area contributed by atoms with Crippen LogP contribution in [-0.4, -0.2) is 53.3 Å². The molecular formula is C22H25N3O4. The highest BCUT2D eigenvalue weighted by Crippen LogP contribution is 2.16. The second-order valence-corrected chi connectivity index (χ2v) is 6.81. The Kier molecular flexibility index (Phi) is 7.49. The van der Waals surface area contributed by atoms with Gasteiger partial charge in [-0.15, -0.1) is 0 Å². The molecule has 0 spiro atoms. The lowest BCUT2D eigenvalue weighted by molar-refractivity contribution is -0.125. The number of carbonyl (C=O) groups is 2. The first-order valence-electron chi connectivity index (χ1n) is 9.62. The lowest BCUT2D eigenvalue weighted by Gasteiger charge is -2.31. The van der Waals surface area contributed by atoms with E-state index >= 15 is 0 Å². The molecule has 0 unspecified atom stereocenters. The summed E-state index contributed by atoms with van der Waals surface area (Å²) in [5.41, 5.74) is 1.64. The Morgan fingerprint density at radius 1 is 1.07 bits per heavy atom. The van der Waals surface area contributed by atoms with Gasteiger partial charge in [0.15, 0.2) is 0 Å². The zero-order valence-electron chi connectivity index (χ0n) is 16.0. The normalized spacial score (nSPS) is 20.8. The number of pyridine rings is 1. The van der Waals surface area contributed by atoms with Gasteiger partial charge in [-0.25, -0.2) is 0 Å². The Morgan fingerprint density at radius 3 is 2.55 bits per heavy atom. The maximum atomic E-state index is 12.3. The summed E-state index contributed by atoms with van der Waals surface area (Å²) < 4.78 is 5.80. The molecule has 1 aromatic carbocycles. The third-order valence-corrected chi connectivity index (χ3v) is 4.67. The number of aromatic nitrogens is 1. The molecule has 3 N–H and O–H groups in total. The largest absolute Gasteiger partial charge is 0.394 e. The Bertz CT molecular complexity index is 826. The second-order valence-electron chi connectivity index (χ2n) is 6.81. The van der Waals surface area contributed by atoms with Gasteiger partial charge in [-0.1, -0.05) is 30.4 Å². The van der Waals surface area contributed by atoms with E-state index in [1.165, 1.54) is 0 Å². The van der Waals surface area contributed by atoms with Crippen LogP contribution in [0.1, 0.15) is 22.3 Å². The number of aliphatic hydroxyl groups is 1. The van der Waals surface area contributed by atoms with E-state index in [0.29, 0.717) is 12.1 Å². The lowest BCUT2D eigenvalue weighted by atomic mass is 10.0. The highest BCUT2D eigenvalue weighted by Gasteiger charge is 2.29. The molecule has 0 radical (unpaired) electrons. The van der Waals surface area contributed by atoms with Crippen molar-refractivity contribution >= 4 is 11.8 Å². The van der Waals surface area contributed by atoms with Crippen molar-refractivity contribution in [3.05, 3.63) is 78.1 Å². The van der Waals surface area contributed by atoms with Gasteiger partial charge in [0.25, 0.3) is 5.91 Å². The minimum Gasteiger partial charge on any atom is -0.394 e. The van der Waals surface area contributed by atoms with Crippen LogP contribution in [0.3, 0.4) is 0 Å². The maximum Gasteiger partial charge on any atom is 0.251 e. The van der Waals surface area contributed by atoms with Gasteiger partial charge >= 0.3 is 0 Å². The van der Waals surface area contributed by atoms with Crippen LogP contribution in [0.25, 0.3) is 0 Å². The summed E-state index contributed by atoms with van der Waals surface area (Å²) in [6.45, 7) is 0.267. The first-order valence-corrected chi connectivity index (χ1v) is 9.62. The van der Waals surface area contributed by atoms with Crippen LogP contribution in [0.5, 0.6) is 0 Å². The van der Waals surface area contributed by atoms with Gasteiger partial charge in [-0.2, -0.15) is 0 Å². The number of amides is 2. The Hall–Kier alpha value is -3.03. The van der Waals surface area contributed by atoms with Gasteiger partial charge in [0, 0.05) is 24.5 Å². The minimum atomic E-state index is -0.609. The number of ether oxygens (including phenoxy) is 1. The van der Waals surface area contributed by atoms with E-state index in [2.05, 4.69) is 15.6 Å². The van der Waals surface area contributed by atoms with E-state index in [4.69, 9.17) is 4.74 Å². The van der Waals surface area contributed by atoms with Gasteiger partial charge in [0.1, 0.15) is 6.10 Å². The first-order chi connectivity index (χ1) is 14.2. The molecule has 0 saturated carbocycles. The number of carbonyl (C=O) groups excluding carboxylic acids is 2. The first kappa shape index (κ1) is 20.7. The number of hydrogen-bond acceptors (Lipinski definition) is 5. The molecule has 1 aliphatic rings. The van der Waals surface area contributed by atoms with E-state index in [0.717, 1.165) is 12.0 Å². The van der Waals surface area contributed by atoms with Crippen LogP contribution in [0.2, 0.25) is 0 Å². The van der Waals surface area contributed by atoms with Crippen molar-refractivity contribution < 1.29 is 19.4 Å². The molecular weight excluding hydrogens is 370 g/mol. The van der Waals surface area contributed by atoms with Gasteiger partial charge in [-0.05, 0) is 36.2 Å². The van der Waals surface area contributed by atoms with E-state index in [1.54, 1.807) is 48.8 Å². The molecule has 1 aliphatic heterocycles. The van der Waals surface area contributed by atoms with Crippen molar-refractivity contribution in [2.45, 2.75) is 31.1 Å². The Labute approximate surface area is 169 Å². The Balaban J connectivity index is 1.47. The molecule has 1 aromatic heterocycles. The minimum absolute atomic E-state index is 0.128. The lowest BCUT2D eigenvalue weighted by Crippen LogP contribution is -2.49. The number of nitrogens with one attached hydrogen (secondary N) is 2. The van der Waals surface area contributed by atoms with Crippen molar-refractivity contribution in [1.82, 2.24) is 15.6 Å². The molecule has 0 aliphatic carbocycles. The third-order valence-electron chi connectivity index (χ3n) is 4.67. The molecule has 3 rings (SSSR count). The Morgan fingerprint density at radius 2 is 1.83 bits per heavy atom. The monoisotopic (exact) mass is 395 g/mol. The summed E-state index contributed by atoms with van der Waals surface area (Å²) in [7, 11) is 0. The fourth-order valence-corrected chi connectivity index (χ4v) is 3.11. The van der Waals surface area contributed by atoms with Crippen LogP contribution in [-0.2, 0) is 16.0 Å². The molecule has 152 valence electrons. The van der Waals surface area contributed by atoms with Crippen molar-refractivity contribution in [3.63, 3.8) is 0 Å². The fourth-order valence-electron chi connectivity index (χ4n) is 3.11. The van der Waals surface area contributed by atoms with E-state index in [-0.39, 0.29) is 24.8 Å². The average molecular weight is 395 g/mol. The standard InChI is InChI=1S/C22H25N3O4/c26-15-20-19(25-22(28)17-4-2-1-3-5-17)7-6-18(29-20)14-21(27)24-13-10-16-8-11-23-12-9-16/h1-9,11-12,18-20,26H,10,13-15H2,(H,24,27)(H,25,28)/t18-,19+,20+/m0/s1. The molecule has 0 saturated heterocycles. The van der Waals surface area contributed by atoms with Crippen molar-refractivity contribution in [2.24, 2.45) is 0 Å². The van der Waals surface area contributed by atoms with Crippen molar-refractivity contribution in [3.8, 4) is 0 Å². The van der Waals surface area contributed by atoms with Crippen LogP contribution in [0.15, 0.2) is 67.0 Å². The molecule has 7 heteroatoms. The summed E-state index contributed by atoms with van der Waals surface area (Å²) >= 11 is 0. The zero-order valence-corrected chi connectivity index (χ0v) is 16.0. The predicted molar refractivity (Wildman–Crippen MR) is 108 cm³/mol. The molecule has 2 heterocycles. The molecule has 2 amide bonds. The highest BCUT2D eigenvalue weighted by molar-refractivity contribution is 5.94. The third kappa shape index (κ3) is 6.23.